The largest absolute Gasteiger partial charge is 0.481 e. The highest BCUT2D eigenvalue weighted by Crippen LogP contribution is 2.39. The second-order valence-corrected chi connectivity index (χ2v) is 5.19. The van der Waals surface area contributed by atoms with Gasteiger partial charge in [-0.3, -0.25) is 4.79 Å². The summed E-state index contributed by atoms with van der Waals surface area (Å²) in [5.41, 5.74) is 1.24. The molecule has 96 valence electrons. The third-order valence-electron chi connectivity index (χ3n) is 3.83. The third kappa shape index (κ3) is 2.30. The first-order chi connectivity index (χ1) is 8.74. The summed E-state index contributed by atoms with van der Waals surface area (Å²) in [6.45, 7) is 1.47. The highest BCUT2D eigenvalue weighted by Gasteiger charge is 2.27. The van der Waals surface area contributed by atoms with Crippen LogP contribution in [0, 0.1) is 5.92 Å². The van der Waals surface area contributed by atoms with E-state index in [9.17, 15) is 4.79 Å². The predicted molar refractivity (Wildman–Crippen MR) is 66.6 cm³/mol. The van der Waals surface area contributed by atoms with Crippen molar-refractivity contribution in [2.24, 2.45) is 5.92 Å². The van der Waals surface area contributed by atoms with Gasteiger partial charge in [-0.1, -0.05) is 0 Å². The van der Waals surface area contributed by atoms with Gasteiger partial charge in [0.05, 0.1) is 5.92 Å². The lowest BCUT2D eigenvalue weighted by atomic mass is 9.97. The van der Waals surface area contributed by atoms with E-state index in [1.807, 2.05) is 12.4 Å². The molecule has 1 aromatic heterocycles. The standard InChI is InChI=1S/C13H17N3O2/c17-12(18)10-3-5-16(6-4-10)13-14-7-11(8-15-13)9-1-2-9/h7-10H,1-6H2,(H,17,18). The van der Waals surface area contributed by atoms with E-state index in [1.165, 1.54) is 18.4 Å². The molecule has 1 aliphatic carbocycles. The second-order valence-electron chi connectivity index (χ2n) is 5.19. The molecule has 0 radical (unpaired) electrons. The maximum absolute atomic E-state index is 10.9. The molecule has 0 bridgehead atoms. The van der Waals surface area contributed by atoms with E-state index >= 15 is 0 Å². The molecule has 3 rings (SSSR count). The Hall–Kier alpha value is -1.65. The molecule has 2 aliphatic rings. The fourth-order valence-corrected chi connectivity index (χ4v) is 2.45. The molecular formula is C13H17N3O2. The van der Waals surface area contributed by atoms with Crippen molar-refractivity contribution in [1.82, 2.24) is 9.97 Å². The zero-order chi connectivity index (χ0) is 12.5. The zero-order valence-electron chi connectivity index (χ0n) is 10.2. The summed E-state index contributed by atoms with van der Waals surface area (Å²) < 4.78 is 0. The van der Waals surface area contributed by atoms with Crippen molar-refractivity contribution >= 4 is 11.9 Å². The van der Waals surface area contributed by atoms with Gasteiger partial charge < -0.3 is 10.0 Å². The van der Waals surface area contributed by atoms with Crippen molar-refractivity contribution in [1.29, 1.82) is 0 Å². The van der Waals surface area contributed by atoms with Crippen LogP contribution in [0.25, 0.3) is 0 Å². The molecular weight excluding hydrogens is 230 g/mol. The molecule has 18 heavy (non-hydrogen) atoms. The summed E-state index contributed by atoms with van der Waals surface area (Å²) in [5.74, 6) is 0.534. The highest BCUT2D eigenvalue weighted by molar-refractivity contribution is 5.70. The minimum absolute atomic E-state index is 0.202. The van der Waals surface area contributed by atoms with Crippen LogP contribution >= 0.6 is 0 Å². The van der Waals surface area contributed by atoms with Crippen LogP contribution in [0.2, 0.25) is 0 Å². The van der Waals surface area contributed by atoms with Crippen LogP contribution < -0.4 is 4.90 Å². The molecule has 2 fully saturated rings. The number of carboxylic acid groups (broad SMARTS) is 1. The molecule has 0 spiro atoms. The molecule has 1 N–H and O–H groups in total. The van der Waals surface area contributed by atoms with E-state index in [-0.39, 0.29) is 5.92 Å². The number of hydrogen-bond acceptors (Lipinski definition) is 4. The number of rotatable bonds is 3. The van der Waals surface area contributed by atoms with Crippen LogP contribution in [0.4, 0.5) is 5.95 Å². The van der Waals surface area contributed by atoms with Gasteiger partial charge in [0.15, 0.2) is 0 Å². The van der Waals surface area contributed by atoms with Crippen LogP contribution in [-0.4, -0.2) is 34.1 Å². The molecule has 0 amide bonds. The van der Waals surface area contributed by atoms with E-state index in [2.05, 4.69) is 14.9 Å². The third-order valence-corrected chi connectivity index (χ3v) is 3.83. The predicted octanol–water partition coefficient (Wildman–Crippen LogP) is 1.65. The Morgan fingerprint density at radius 1 is 1.17 bits per heavy atom. The Labute approximate surface area is 106 Å². The first-order valence-corrected chi connectivity index (χ1v) is 6.54. The van der Waals surface area contributed by atoms with Gasteiger partial charge in [0.1, 0.15) is 0 Å². The van der Waals surface area contributed by atoms with Gasteiger partial charge >= 0.3 is 5.97 Å². The summed E-state index contributed by atoms with van der Waals surface area (Å²) in [6.07, 6.45) is 7.72. The smallest absolute Gasteiger partial charge is 0.306 e. The number of aromatic nitrogens is 2. The van der Waals surface area contributed by atoms with E-state index in [1.54, 1.807) is 0 Å². The van der Waals surface area contributed by atoms with Gasteiger partial charge in [-0.15, -0.1) is 0 Å². The summed E-state index contributed by atoms with van der Waals surface area (Å²) in [6, 6.07) is 0. The molecule has 5 heteroatoms. The number of anilines is 1. The van der Waals surface area contributed by atoms with Gasteiger partial charge in [0.25, 0.3) is 0 Å². The van der Waals surface area contributed by atoms with Crippen molar-refractivity contribution < 1.29 is 9.90 Å². The molecule has 2 heterocycles. The molecule has 1 aliphatic heterocycles. The number of carbonyl (C=O) groups is 1. The molecule has 1 saturated carbocycles. The maximum atomic E-state index is 10.9. The number of carboxylic acids is 1. The number of hydrogen-bond donors (Lipinski definition) is 1. The Morgan fingerprint density at radius 3 is 2.28 bits per heavy atom. The van der Waals surface area contributed by atoms with Crippen molar-refractivity contribution in [3.63, 3.8) is 0 Å². The van der Waals surface area contributed by atoms with E-state index in [4.69, 9.17) is 5.11 Å². The Kier molecular flexibility index (Phi) is 2.89. The molecule has 0 unspecified atom stereocenters. The van der Waals surface area contributed by atoms with Crippen LogP contribution in [0.3, 0.4) is 0 Å². The molecule has 1 saturated heterocycles. The second kappa shape index (κ2) is 4.55. The molecule has 1 aromatic rings. The first-order valence-electron chi connectivity index (χ1n) is 6.54. The van der Waals surface area contributed by atoms with Crippen molar-refractivity contribution in [3.8, 4) is 0 Å². The minimum atomic E-state index is -0.681. The van der Waals surface area contributed by atoms with E-state index in [0.717, 1.165) is 19.0 Å². The average Bonchev–Trinajstić information content (AvgIpc) is 3.23. The molecule has 5 nitrogen and oxygen atoms in total. The van der Waals surface area contributed by atoms with Gasteiger partial charge in [-0.05, 0) is 37.2 Å². The normalized spacial score (nSPS) is 21.0. The number of aliphatic carboxylic acids is 1. The lowest BCUT2D eigenvalue weighted by Crippen LogP contribution is -2.37. The number of piperidine rings is 1. The van der Waals surface area contributed by atoms with Crippen molar-refractivity contribution in [2.45, 2.75) is 31.6 Å². The SMILES string of the molecule is O=C(O)C1CCN(c2ncc(C3CC3)cn2)CC1. The fourth-order valence-electron chi connectivity index (χ4n) is 2.45. The summed E-state index contributed by atoms with van der Waals surface area (Å²) in [4.78, 5) is 21.8. The van der Waals surface area contributed by atoms with Crippen molar-refractivity contribution in [2.75, 3.05) is 18.0 Å². The highest BCUT2D eigenvalue weighted by atomic mass is 16.4. The summed E-state index contributed by atoms with van der Waals surface area (Å²) in [5, 5.41) is 8.95. The lowest BCUT2D eigenvalue weighted by Gasteiger charge is -2.29. The fraction of sp³-hybridized carbons (Fsp3) is 0.615. The average molecular weight is 247 g/mol. The molecule has 0 aromatic carbocycles. The van der Waals surface area contributed by atoms with Gasteiger partial charge in [0.2, 0.25) is 5.95 Å². The summed E-state index contributed by atoms with van der Waals surface area (Å²) in [7, 11) is 0. The lowest BCUT2D eigenvalue weighted by molar-refractivity contribution is -0.142. The quantitative estimate of drug-likeness (QED) is 0.879. The minimum Gasteiger partial charge on any atom is -0.481 e. The Morgan fingerprint density at radius 2 is 1.78 bits per heavy atom. The first kappa shape index (κ1) is 11.4. The monoisotopic (exact) mass is 247 g/mol. The van der Waals surface area contributed by atoms with Crippen LogP contribution in [0.15, 0.2) is 12.4 Å². The molecule has 0 atom stereocenters. The van der Waals surface area contributed by atoms with Gasteiger partial charge in [-0.2, -0.15) is 0 Å². The summed E-state index contributed by atoms with van der Waals surface area (Å²) >= 11 is 0. The Balaban J connectivity index is 1.63. The van der Waals surface area contributed by atoms with Crippen LogP contribution in [-0.2, 0) is 4.79 Å². The Bertz CT molecular complexity index is 434. The van der Waals surface area contributed by atoms with E-state index in [0.29, 0.717) is 18.8 Å². The van der Waals surface area contributed by atoms with E-state index < -0.39 is 5.97 Å². The topological polar surface area (TPSA) is 66.3 Å². The van der Waals surface area contributed by atoms with Crippen LogP contribution in [0.5, 0.6) is 0 Å². The van der Waals surface area contributed by atoms with Gasteiger partial charge in [-0.25, -0.2) is 9.97 Å². The maximum Gasteiger partial charge on any atom is 0.306 e. The number of nitrogens with zero attached hydrogens (tertiary/aromatic N) is 3. The zero-order valence-corrected chi connectivity index (χ0v) is 10.2. The van der Waals surface area contributed by atoms with Crippen molar-refractivity contribution in [3.05, 3.63) is 18.0 Å². The van der Waals surface area contributed by atoms with Crippen LogP contribution in [0.1, 0.15) is 37.2 Å². The van der Waals surface area contributed by atoms with Gasteiger partial charge in [0, 0.05) is 25.5 Å².